The van der Waals surface area contributed by atoms with E-state index in [1.54, 1.807) is 19.1 Å². The summed E-state index contributed by atoms with van der Waals surface area (Å²) < 4.78 is 10.4. The molecular formula is C17H20N2O4. The van der Waals surface area contributed by atoms with Crippen LogP contribution >= 0.6 is 0 Å². The summed E-state index contributed by atoms with van der Waals surface area (Å²) in [5.41, 5.74) is 1.24. The molecule has 2 heterocycles. The minimum atomic E-state index is -0.487. The predicted octanol–water partition coefficient (Wildman–Crippen LogP) is 1.54. The second-order valence-electron chi connectivity index (χ2n) is 5.46. The van der Waals surface area contributed by atoms with Gasteiger partial charge in [-0.25, -0.2) is 4.79 Å². The van der Waals surface area contributed by atoms with Crippen LogP contribution in [0.25, 0.3) is 10.9 Å². The molecule has 6 nitrogen and oxygen atoms in total. The zero-order valence-electron chi connectivity index (χ0n) is 13.1. The number of hydrogen-bond acceptors (Lipinski definition) is 5. The lowest BCUT2D eigenvalue weighted by Gasteiger charge is -2.27. The fourth-order valence-electron chi connectivity index (χ4n) is 2.79. The standard InChI is InChI=1S/C17H20N2O4/c1-2-23-17(21)15-13(11-19-7-9-22-10-8-19)16(20)12-5-3-4-6-14(12)18-15/h3-6H,2,7-11H2,1H3,(H,18,20). The van der Waals surface area contributed by atoms with E-state index in [-0.39, 0.29) is 17.7 Å². The smallest absolute Gasteiger partial charge is 0.355 e. The number of esters is 1. The minimum absolute atomic E-state index is 0.117. The van der Waals surface area contributed by atoms with Crippen LogP contribution in [0.3, 0.4) is 0 Å². The van der Waals surface area contributed by atoms with Crippen molar-refractivity contribution >= 4 is 16.9 Å². The molecule has 1 aromatic carbocycles. The molecular weight excluding hydrogens is 296 g/mol. The van der Waals surface area contributed by atoms with E-state index < -0.39 is 5.97 Å². The maximum absolute atomic E-state index is 12.8. The van der Waals surface area contributed by atoms with E-state index in [1.165, 1.54) is 0 Å². The molecule has 3 rings (SSSR count). The van der Waals surface area contributed by atoms with Crippen molar-refractivity contribution in [3.8, 4) is 0 Å². The van der Waals surface area contributed by atoms with Crippen molar-refractivity contribution in [3.05, 3.63) is 45.7 Å². The van der Waals surface area contributed by atoms with Crippen molar-refractivity contribution in [3.63, 3.8) is 0 Å². The number of nitrogens with one attached hydrogen (secondary N) is 1. The number of para-hydroxylation sites is 1. The number of rotatable bonds is 4. The van der Waals surface area contributed by atoms with Crippen molar-refractivity contribution in [2.45, 2.75) is 13.5 Å². The average molecular weight is 316 g/mol. The Kier molecular flexibility index (Phi) is 4.73. The molecule has 0 bridgehead atoms. The van der Waals surface area contributed by atoms with Gasteiger partial charge < -0.3 is 14.5 Å². The number of hydrogen-bond donors (Lipinski definition) is 1. The Morgan fingerprint density at radius 1 is 1.30 bits per heavy atom. The quantitative estimate of drug-likeness (QED) is 0.866. The van der Waals surface area contributed by atoms with Crippen LogP contribution in [0.5, 0.6) is 0 Å². The van der Waals surface area contributed by atoms with Gasteiger partial charge in [-0.2, -0.15) is 0 Å². The van der Waals surface area contributed by atoms with Gasteiger partial charge in [-0.3, -0.25) is 9.69 Å². The van der Waals surface area contributed by atoms with Crippen molar-refractivity contribution in [1.29, 1.82) is 0 Å². The predicted molar refractivity (Wildman–Crippen MR) is 86.6 cm³/mol. The fourth-order valence-corrected chi connectivity index (χ4v) is 2.79. The Morgan fingerprint density at radius 3 is 2.78 bits per heavy atom. The molecule has 0 amide bonds. The number of morpholine rings is 1. The van der Waals surface area contributed by atoms with Gasteiger partial charge in [0.05, 0.1) is 19.8 Å². The van der Waals surface area contributed by atoms with Crippen LogP contribution < -0.4 is 5.43 Å². The van der Waals surface area contributed by atoms with E-state index in [2.05, 4.69) is 9.88 Å². The monoisotopic (exact) mass is 316 g/mol. The number of benzene rings is 1. The lowest BCUT2D eigenvalue weighted by Crippen LogP contribution is -2.37. The molecule has 122 valence electrons. The van der Waals surface area contributed by atoms with Gasteiger partial charge in [-0.15, -0.1) is 0 Å². The van der Waals surface area contributed by atoms with E-state index in [0.717, 1.165) is 13.1 Å². The highest BCUT2D eigenvalue weighted by Gasteiger charge is 2.22. The number of H-pyrrole nitrogens is 1. The van der Waals surface area contributed by atoms with Gasteiger partial charge in [0.2, 0.25) is 0 Å². The number of pyridine rings is 1. The van der Waals surface area contributed by atoms with Gasteiger partial charge in [0, 0.05) is 36.1 Å². The Hall–Kier alpha value is -2.18. The van der Waals surface area contributed by atoms with Crippen LogP contribution in [0.2, 0.25) is 0 Å². The first-order chi connectivity index (χ1) is 11.2. The molecule has 0 aliphatic carbocycles. The lowest BCUT2D eigenvalue weighted by atomic mass is 10.1. The number of aromatic nitrogens is 1. The molecule has 2 aromatic rings. The van der Waals surface area contributed by atoms with Crippen LogP contribution in [-0.4, -0.2) is 48.8 Å². The molecule has 0 saturated carbocycles. The third kappa shape index (κ3) is 3.28. The van der Waals surface area contributed by atoms with Gasteiger partial charge in [-0.05, 0) is 19.1 Å². The number of carbonyl (C=O) groups is 1. The van der Waals surface area contributed by atoms with E-state index in [0.29, 0.717) is 36.2 Å². The highest BCUT2D eigenvalue weighted by Crippen LogP contribution is 2.15. The zero-order valence-corrected chi connectivity index (χ0v) is 13.1. The number of ether oxygens (including phenoxy) is 2. The zero-order chi connectivity index (χ0) is 16.2. The van der Waals surface area contributed by atoms with Crippen LogP contribution in [-0.2, 0) is 16.0 Å². The molecule has 1 saturated heterocycles. The van der Waals surface area contributed by atoms with Crippen molar-refractivity contribution in [2.24, 2.45) is 0 Å². The average Bonchev–Trinajstić information content (AvgIpc) is 2.58. The van der Waals surface area contributed by atoms with Crippen molar-refractivity contribution in [2.75, 3.05) is 32.9 Å². The third-order valence-electron chi connectivity index (χ3n) is 3.97. The molecule has 23 heavy (non-hydrogen) atoms. The van der Waals surface area contributed by atoms with Crippen molar-refractivity contribution in [1.82, 2.24) is 9.88 Å². The molecule has 6 heteroatoms. The Morgan fingerprint density at radius 2 is 2.04 bits per heavy atom. The van der Waals surface area contributed by atoms with Crippen LogP contribution in [0, 0.1) is 0 Å². The fraction of sp³-hybridized carbons (Fsp3) is 0.412. The first-order valence-corrected chi connectivity index (χ1v) is 7.82. The van der Waals surface area contributed by atoms with E-state index in [4.69, 9.17) is 9.47 Å². The number of nitrogens with zero attached hydrogens (tertiary/aromatic N) is 1. The summed E-state index contributed by atoms with van der Waals surface area (Å²) in [5.74, 6) is -0.487. The normalized spacial score (nSPS) is 15.7. The minimum Gasteiger partial charge on any atom is -0.461 e. The molecule has 1 aromatic heterocycles. The summed E-state index contributed by atoms with van der Waals surface area (Å²) in [6, 6.07) is 7.21. The topological polar surface area (TPSA) is 71.6 Å². The largest absolute Gasteiger partial charge is 0.461 e. The number of carbonyl (C=O) groups excluding carboxylic acids is 1. The van der Waals surface area contributed by atoms with Crippen LogP contribution in [0.15, 0.2) is 29.1 Å². The van der Waals surface area contributed by atoms with Gasteiger partial charge in [0.1, 0.15) is 5.69 Å². The summed E-state index contributed by atoms with van der Waals surface area (Å²) >= 11 is 0. The number of aromatic amines is 1. The first kappa shape index (κ1) is 15.7. The van der Waals surface area contributed by atoms with Gasteiger partial charge in [-0.1, -0.05) is 12.1 Å². The molecule has 0 spiro atoms. The highest BCUT2D eigenvalue weighted by atomic mass is 16.5. The van der Waals surface area contributed by atoms with Gasteiger partial charge in [0.25, 0.3) is 0 Å². The maximum Gasteiger partial charge on any atom is 0.355 e. The molecule has 0 radical (unpaired) electrons. The van der Waals surface area contributed by atoms with E-state index in [1.807, 2.05) is 12.1 Å². The molecule has 1 N–H and O–H groups in total. The van der Waals surface area contributed by atoms with Gasteiger partial charge in [0.15, 0.2) is 5.43 Å². The molecule has 0 unspecified atom stereocenters. The molecule has 0 atom stereocenters. The number of fused-ring (bicyclic) bond motifs is 1. The second kappa shape index (κ2) is 6.93. The molecule has 1 aliphatic heterocycles. The summed E-state index contributed by atoms with van der Waals surface area (Å²) in [5, 5.41) is 0.587. The lowest BCUT2D eigenvalue weighted by molar-refractivity contribution is 0.0334. The Bertz CT molecular complexity index is 763. The summed E-state index contributed by atoms with van der Waals surface area (Å²) in [4.78, 5) is 30.3. The van der Waals surface area contributed by atoms with E-state index >= 15 is 0 Å². The second-order valence-corrected chi connectivity index (χ2v) is 5.46. The summed E-state index contributed by atoms with van der Waals surface area (Å²) in [6.45, 7) is 5.20. The van der Waals surface area contributed by atoms with Crippen LogP contribution in [0.4, 0.5) is 0 Å². The Balaban J connectivity index is 2.07. The summed E-state index contributed by atoms with van der Waals surface area (Å²) in [6.07, 6.45) is 0. The Labute approximate surface area is 134 Å². The van der Waals surface area contributed by atoms with Crippen molar-refractivity contribution < 1.29 is 14.3 Å². The van der Waals surface area contributed by atoms with E-state index in [9.17, 15) is 9.59 Å². The summed E-state index contributed by atoms with van der Waals surface area (Å²) in [7, 11) is 0. The third-order valence-corrected chi connectivity index (χ3v) is 3.97. The molecule has 1 aliphatic rings. The van der Waals surface area contributed by atoms with Gasteiger partial charge >= 0.3 is 5.97 Å². The highest BCUT2D eigenvalue weighted by molar-refractivity contribution is 5.92. The first-order valence-electron chi connectivity index (χ1n) is 7.82. The van der Waals surface area contributed by atoms with Crippen LogP contribution in [0.1, 0.15) is 23.0 Å². The molecule has 1 fully saturated rings. The SMILES string of the molecule is CCOC(=O)c1[nH]c2ccccc2c(=O)c1CN1CCOCC1. The maximum atomic E-state index is 12.8.